The van der Waals surface area contributed by atoms with Crippen LogP contribution in [0.1, 0.15) is 50.2 Å². The van der Waals surface area contributed by atoms with E-state index in [0.717, 1.165) is 32.1 Å². The summed E-state index contributed by atoms with van der Waals surface area (Å²) >= 11 is 0. The fraction of sp³-hybridized carbons (Fsp3) is 0.556. The van der Waals surface area contributed by atoms with Crippen molar-refractivity contribution in [2.24, 2.45) is 11.3 Å². The van der Waals surface area contributed by atoms with Gasteiger partial charge in [-0.15, -0.1) is 0 Å². The molecular weight excluding hydrogens is 248 g/mol. The molecule has 0 heterocycles. The molecule has 0 unspecified atom stereocenters. The number of allylic oxidation sites excluding steroid dienone is 2. The topological polar surface area (TPSA) is 40.5 Å². The number of fused-ring (bicyclic) bond motifs is 4. The van der Waals surface area contributed by atoms with Gasteiger partial charge in [0, 0.05) is 0 Å². The van der Waals surface area contributed by atoms with Crippen LogP contribution in [-0.2, 0) is 6.42 Å². The Morgan fingerprint density at radius 1 is 1.20 bits per heavy atom. The summed E-state index contributed by atoms with van der Waals surface area (Å²) in [5, 5.41) is 19.8. The third kappa shape index (κ3) is 1.67. The Labute approximate surface area is 120 Å². The van der Waals surface area contributed by atoms with Crippen molar-refractivity contribution in [1.82, 2.24) is 0 Å². The summed E-state index contributed by atoms with van der Waals surface area (Å²) in [7, 11) is 0. The van der Waals surface area contributed by atoms with Gasteiger partial charge in [-0.05, 0) is 78.7 Å². The predicted molar refractivity (Wildman–Crippen MR) is 79.4 cm³/mol. The molecule has 3 aliphatic carbocycles. The van der Waals surface area contributed by atoms with E-state index in [1.54, 1.807) is 5.57 Å². The van der Waals surface area contributed by atoms with E-state index in [9.17, 15) is 10.2 Å². The average molecular weight is 270 g/mol. The Kier molecular flexibility index (Phi) is 2.56. The molecule has 0 aromatic heterocycles. The van der Waals surface area contributed by atoms with Gasteiger partial charge in [-0.1, -0.05) is 18.6 Å². The lowest BCUT2D eigenvalue weighted by atomic mass is 9.63. The Morgan fingerprint density at radius 2 is 2.05 bits per heavy atom. The van der Waals surface area contributed by atoms with Gasteiger partial charge in [0.2, 0.25) is 0 Å². The number of aliphatic hydroxyl groups is 1. The normalized spacial score (nSPS) is 35.5. The second-order valence-electron chi connectivity index (χ2n) is 7.15. The number of benzene rings is 1. The summed E-state index contributed by atoms with van der Waals surface area (Å²) in [6, 6.07) is 5.83. The van der Waals surface area contributed by atoms with Gasteiger partial charge in [0.15, 0.2) is 0 Å². The van der Waals surface area contributed by atoms with Gasteiger partial charge in [-0.3, -0.25) is 0 Å². The third-order valence-electron chi connectivity index (χ3n) is 5.88. The van der Waals surface area contributed by atoms with E-state index in [1.165, 1.54) is 23.1 Å². The predicted octanol–water partition coefficient (Wildman–Crippen LogP) is 3.66. The molecule has 0 spiro atoms. The zero-order valence-corrected chi connectivity index (χ0v) is 12.0. The Balaban J connectivity index is 1.82. The van der Waals surface area contributed by atoms with Crippen molar-refractivity contribution >= 4 is 5.57 Å². The lowest BCUT2D eigenvalue weighted by Crippen LogP contribution is -2.29. The van der Waals surface area contributed by atoms with Crippen LogP contribution < -0.4 is 0 Å². The van der Waals surface area contributed by atoms with E-state index in [-0.39, 0.29) is 6.10 Å². The van der Waals surface area contributed by atoms with Crippen LogP contribution in [0.4, 0.5) is 0 Å². The molecule has 0 saturated heterocycles. The maximum atomic E-state index is 10.1. The fourth-order valence-corrected chi connectivity index (χ4v) is 4.92. The molecule has 0 amide bonds. The summed E-state index contributed by atoms with van der Waals surface area (Å²) in [6.45, 7) is 2.37. The van der Waals surface area contributed by atoms with E-state index >= 15 is 0 Å². The lowest BCUT2D eigenvalue weighted by Gasteiger charge is -2.41. The molecule has 1 saturated carbocycles. The number of hydrogen-bond donors (Lipinski definition) is 2. The number of phenolic OH excluding ortho intramolecular Hbond substituents is 1. The van der Waals surface area contributed by atoms with E-state index in [1.807, 2.05) is 12.1 Å². The molecule has 4 rings (SSSR count). The van der Waals surface area contributed by atoms with Crippen molar-refractivity contribution in [2.45, 2.75) is 51.6 Å². The largest absolute Gasteiger partial charge is 0.508 e. The smallest absolute Gasteiger partial charge is 0.115 e. The van der Waals surface area contributed by atoms with Crippen LogP contribution in [0.5, 0.6) is 5.75 Å². The highest BCUT2D eigenvalue weighted by atomic mass is 16.3. The van der Waals surface area contributed by atoms with Crippen LogP contribution in [0.25, 0.3) is 5.57 Å². The molecule has 0 aliphatic heterocycles. The number of hydrogen-bond acceptors (Lipinski definition) is 2. The van der Waals surface area contributed by atoms with Crippen molar-refractivity contribution in [3.63, 3.8) is 0 Å². The van der Waals surface area contributed by atoms with E-state index in [2.05, 4.69) is 13.0 Å². The fourth-order valence-electron chi connectivity index (χ4n) is 4.92. The second-order valence-corrected chi connectivity index (χ2v) is 7.15. The average Bonchev–Trinajstić information content (AvgIpc) is 2.72. The second kappa shape index (κ2) is 4.11. The minimum absolute atomic E-state index is 0.113. The molecule has 20 heavy (non-hydrogen) atoms. The van der Waals surface area contributed by atoms with Crippen LogP contribution in [-0.4, -0.2) is 16.3 Å². The Bertz CT molecular complexity index is 601. The van der Waals surface area contributed by atoms with Crippen LogP contribution in [0, 0.1) is 11.3 Å². The molecule has 0 bridgehead atoms. The molecule has 1 fully saturated rings. The first kappa shape index (κ1) is 12.5. The first-order chi connectivity index (χ1) is 9.57. The maximum Gasteiger partial charge on any atom is 0.115 e. The highest BCUT2D eigenvalue weighted by Gasteiger charge is 2.48. The maximum absolute atomic E-state index is 10.1. The SMILES string of the molecule is C[C@]12CCC3=C(CCc4cc(O)ccc43)[C@@H]1C[C@@H](O)C2. The van der Waals surface area contributed by atoms with Crippen molar-refractivity contribution in [3.8, 4) is 5.75 Å². The van der Waals surface area contributed by atoms with Crippen LogP contribution in [0.3, 0.4) is 0 Å². The molecule has 3 atom stereocenters. The zero-order valence-electron chi connectivity index (χ0n) is 12.0. The van der Waals surface area contributed by atoms with Crippen molar-refractivity contribution < 1.29 is 10.2 Å². The minimum Gasteiger partial charge on any atom is -0.508 e. The molecular formula is C18H22O2. The van der Waals surface area contributed by atoms with Gasteiger partial charge < -0.3 is 10.2 Å². The number of phenols is 1. The standard InChI is InChI=1S/C18H22O2/c1-18-7-6-15-14-5-3-12(19)8-11(14)2-4-16(15)17(18)9-13(20)10-18/h3,5,8,13,17,19-20H,2,4,6-7,9-10H2,1H3/t13-,17+,18-/m1/s1. The van der Waals surface area contributed by atoms with Gasteiger partial charge in [0.05, 0.1) is 6.10 Å². The van der Waals surface area contributed by atoms with Crippen molar-refractivity contribution in [2.75, 3.05) is 0 Å². The highest BCUT2D eigenvalue weighted by molar-refractivity contribution is 5.75. The minimum atomic E-state index is -0.113. The third-order valence-corrected chi connectivity index (χ3v) is 5.88. The summed E-state index contributed by atoms with van der Waals surface area (Å²) in [5.41, 5.74) is 6.09. The molecule has 0 radical (unpaired) electrons. The first-order valence-electron chi connectivity index (χ1n) is 7.79. The van der Waals surface area contributed by atoms with Gasteiger partial charge in [-0.25, -0.2) is 0 Å². The Morgan fingerprint density at radius 3 is 2.90 bits per heavy atom. The van der Waals surface area contributed by atoms with Gasteiger partial charge in [-0.2, -0.15) is 0 Å². The molecule has 2 N–H and O–H groups in total. The summed E-state index contributed by atoms with van der Waals surface area (Å²) < 4.78 is 0. The van der Waals surface area contributed by atoms with Crippen molar-refractivity contribution in [1.29, 1.82) is 0 Å². The molecule has 2 heteroatoms. The van der Waals surface area contributed by atoms with Crippen molar-refractivity contribution in [3.05, 3.63) is 34.9 Å². The summed E-state index contributed by atoms with van der Waals surface area (Å²) in [5.74, 6) is 0.952. The number of aliphatic hydroxyl groups excluding tert-OH is 1. The van der Waals surface area contributed by atoms with Gasteiger partial charge in [0.25, 0.3) is 0 Å². The zero-order chi connectivity index (χ0) is 13.9. The Hall–Kier alpha value is -1.28. The van der Waals surface area contributed by atoms with Gasteiger partial charge >= 0.3 is 0 Å². The number of aromatic hydroxyl groups is 1. The van der Waals surface area contributed by atoms with E-state index in [0.29, 0.717) is 17.1 Å². The highest BCUT2D eigenvalue weighted by Crippen LogP contribution is 2.58. The number of aryl methyl sites for hydroxylation is 1. The van der Waals surface area contributed by atoms with E-state index < -0.39 is 0 Å². The first-order valence-corrected chi connectivity index (χ1v) is 7.79. The lowest BCUT2D eigenvalue weighted by molar-refractivity contribution is 0.159. The quantitative estimate of drug-likeness (QED) is 0.755. The molecule has 106 valence electrons. The van der Waals surface area contributed by atoms with Gasteiger partial charge in [0.1, 0.15) is 5.75 Å². The number of rotatable bonds is 0. The molecule has 1 aromatic rings. The molecule has 2 nitrogen and oxygen atoms in total. The summed E-state index contributed by atoms with van der Waals surface area (Å²) in [4.78, 5) is 0. The van der Waals surface area contributed by atoms with E-state index in [4.69, 9.17) is 0 Å². The monoisotopic (exact) mass is 270 g/mol. The van der Waals surface area contributed by atoms with Crippen LogP contribution in [0.2, 0.25) is 0 Å². The molecule has 3 aliphatic rings. The summed E-state index contributed by atoms with van der Waals surface area (Å²) in [6.07, 6.45) is 6.27. The molecule has 1 aromatic carbocycles. The van der Waals surface area contributed by atoms with Crippen LogP contribution >= 0.6 is 0 Å². The van der Waals surface area contributed by atoms with Crippen LogP contribution in [0.15, 0.2) is 23.8 Å².